The fourth-order valence-electron chi connectivity index (χ4n) is 7.03. The van der Waals surface area contributed by atoms with Crippen molar-refractivity contribution in [2.24, 2.45) is 0 Å². The molecule has 0 aliphatic carbocycles. The van der Waals surface area contributed by atoms with E-state index in [0.29, 0.717) is 23.9 Å². The second kappa shape index (κ2) is 53.0. The molecule has 0 aromatic heterocycles. The number of hydrogen-bond acceptors (Lipinski definition) is 6. The number of quaternary nitrogens is 1. The number of unbranched alkanes of at least 4 members (excludes halogenated alkanes) is 12. The number of carbonyl (C=O) groups excluding carboxylic acids is 1. The van der Waals surface area contributed by atoms with Gasteiger partial charge in [-0.2, -0.15) is 0 Å². The molecule has 0 rings (SSSR count). The Hall–Kier alpha value is -3.88. The van der Waals surface area contributed by atoms with Crippen LogP contribution in [-0.4, -0.2) is 68.5 Å². The van der Waals surface area contributed by atoms with E-state index in [0.717, 1.165) is 103 Å². The molecule has 73 heavy (non-hydrogen) atoms. The molecule has 0 aromatic carbocycles. The van der Waals surface area contributed by atoms with E-state index in [1.807, 2.05) is 27.2 Å². The molecule has 0 fully saturated rings. The molecule has 0 heterocycles. The Bertz CT molecular complexity index is 1740. The number of allylic oxidation sites excluding steroid dienone is 25. The van der Waals surface area contributed by atoms with Crippen molar-refractivity contribution in [3.05, 3.63) is 158 Å². The van der Waals surface area contributed by atoms with Gasteiger partial charge < -0.3 is 28.8 Å². The Kier molecular flexibility index (Phi) is 50.1. The standard InChI is InChI=1S/C64H105N2O6P/c1-6-8-10-12-14-16-18-20-22-24-26-27-28-29-30-31-32-33-34-35-36-37-38-39-40-42-44-46-48-50-52-54-56-58-64(68)65-62(61-72-73(69,70)71-60-59-66(3,4)5)63(67)57-55-53-51-49-47-45-43-41-25-23-21-19-17-15-13-11-9-7-2/h8,10,14,16,20,22,25-27,29-30,32-33,35-36,38-39,41-42,44,47-50,55,57,62-63,67H,6-7,9,11-13,15,17-19,21,23-24,28,31,34,37,40,43,45-46,51-54,56,58-61H2,1-5H3,(H-,65,68,69,70)/b10-8-,16-14-,22-20-,27-26-,30-29-,33-32-,36-35-,39-38-,41-25+,44-42-,49-47+,50-48-,57-55+. The van der Waals surface area contributed by atoms with Crippen LogP contribution in [0, 0.1) is 0 Å². The molecule has 0 aromatic rings. The Morgan fingerprint density at radius 2 is 0.849 bits per heavy atom. The molecule has 0 aliphatic heterocycles. The van der Waals surface area contributed by atoms with Gasteiger partial charge in [0, 0.05) is 6.42 Å². The van der Waals surface area contributed by atoms with Crippen LogP contribution < -0.4 is 10.2 Å². The molecule has 2 N–H and O–H groups in total. The van der Waals surface area contributed by atoms with Gasteiger partial charge in [0.15, 0.2) is 0 Å². The van der Waals surface area contributed by atoms with Gasteiger partial charge in [-0.05, 0) is 122 Å². The van der Waals surface area contributed by atoms with E-state index in [-0.39, 0.29) is 18.9 Å². The van der Waals surface area contributed by atoms with Gasteiger partial charge in [0.25, 0.3) is 7.82 Å². The van der Waals surface area contributed by atoms with Crippen molar-refractivity contribution in [3.8, 4) is 0 Å². The normalized spacial score (nSPS) is 15.1. The number of phosphoric acid groups is 1. The molecule has 0 saturated heterocycles. The SMILES string of the molecule is CC/C=C\C/C=C\C/C=C\C/C=C\C/C=C\C/C=C\C/C=C\C/C=C\C/C=C\C/C=C\CCCCC(=O)NC(COP(=O)([O-])OCC[N+](C)(C)C)C(O)/C=C/CC/C=C/CC/C=C/CCCCCCCCCC. The Balaban J connectivity index is 4.42. The first-order chi connectivity index (χ1) is 35.5. The second-order valence-electron chi connectivity index (χ2n) is 19.5. The van der Waals surface area contributed by atoms with Crippen LogP contribution >= 0.6 is 7.82 Å². The summed E-state index contributed by atoms with van der Waals surface area (Å²) in [4.78, 5) is 25.5. The predicted octanol–water partition coefficient (Wildman–Crippen LogP) is 16.8. The highest BCUT2D eigenvalue weighted by atomic mass is 31.2. The zero-order valence-electron chi connectivity index (χ0n) is 46.8. The minimum atomic E-state index is -4.63. The van der Waals surface area contributed by atoms with E-state index in [1.165, 1.54) is 51.4 Å². The highest BCUT2D eigenvalue weighted by Crippen LogP contribution is 2.38. The highest BCUT2D eigenvalue weighted by Gasteiger charge is 2.23. The van der Waals surface area contributed by atoms with E-state index in [4.69, 9.17) is 9.05 Å². The molecule has 0 aliphatic rings. The van der Waals surface area contributed by atoms with E-state index in [9.17, 15) is 19.4 Å². The number of amides is 1. The number of hydrogen-bond donors (Lipinski definition) is 2. The largest absolute Gasteiger partial charge is 0.756 e. The molecular weight excluding hydrogens is 924 g/mol. The van der Waals surface area contributed by atoms with Gasteiger partial charge in [-0.3, -0.25) is 9.36 Å². The third-order valence-corrected chi connectivity index (χ3v) is 12.4. The lowest BCUT2D eigenvalue weighted by Gasteiger charge is -2.29. The minimum absolute atomic E-state index is 0.0271. The summed E-state index contributed by atoms with van der Waals surface area (Å²) in [7, 11) is 1.18. The first kappa shape index (κ1) is 69.1. The van der Waals surface area contributed by atoms with Gasteiger partial charge in [-0.1, -0.05) is 217 Å². The van der Waals surface area contributed by atoms with Gasteiger partial charge in [-0.15, -0.1) is 0 Å². The van der Waals surface area contributed by atoms with Gasteiger partial charge >= 0.3 is 0 Å². The monoisotopic (exact) mass is 1030 g/mol. The van der Waals surface area contributed by atoms with Crippen LogP contribution in [0.3, 0.4) is 0 Å². The summed E-state index contributed by atoms with van der Waals surface area (Å²) in [5.74, 6) is -0.261. The fourth-order valence-corrected chi connectivity index (χ4v) is 7.76. The maximum absolute atomic E-state index is 12.9. The zero-order chi connectivity index (χ0) is 53.5. The van der Waals surface area contributed by atoms with Crippen LogP contribution in [0.5, 0.6) is 0 Å². The lowest BCUT2D eigenvalue weighted by molar-refractivity contribution is -0.870. The fraction of sp³-hybridized carbons (Fsp3) is 0.578. The van der Waals surface area contributed by atoms with Crippen LogP contribution in [0.25, 0.3) is 0 Å². The third kappa shape index (κ3) is 55.7. The third-order valence-electron chi connectivity index (χ3n) is 11.4. The molecule has 0 saturated carbocycles. The van der Waals surface area contributed by atoms with Gasteiger partial charge in [0.05, 0.1) is 39.9 Å². The number of rotatable bonds is 49. The van der Waals surface area contributed by atoms with Crippen molar-refractivity contribution in [2.45, 2.75) is 199 Å². The molecular formula is C64H105N2O6P. The lowest BCUT2D eigenvalue weighted by atomic mass is 10.1. The maximum Gasteiger partial charge on any atom is 0.268 e. The number of likely N-dealkylation sites (N-methyl/N-ethyl adjacent to an activating group) is 1. The number of nitrogens with zero attached hydrogens (tertiary/aromatic N) is 1. The van der Waals surface area contributed by atoms with E-state index < -0.39 is 26.6 Å². The Morgan fingerprint density at radius 3 is 1.27 bits per heavy atom. The predicted molar refractivity (Wildman–Crippen MR) is 315 cm³/mol. The number of phosphoric ester groups is 1. The summed E-state index contributed by atoms with van der Waals surface area (Å²) >= 11 is 0. The van der Waals surface area contributed by atoms with Gasteiger partial charge in [0.2, 0.25) is 5.91 Å². The van der Waals surface area contributed by atoms with Crippen molar-refractivity contribution in [2.75, 3.05) is 40.9 Å². The maximum atomic E-state index is 12.9. The summed E-state index contributed by atoms with van der Waals surface area (Å²) in [6.45, 7) is 4.44. The van der Waals surface area contributed by atoms with Crippen molar-refractivity contribution >= 4 is 13.7 Å². The van der Waals surface area contributed by atoms with E-state index >= 15 is 0 Å². The molecule has 412 valence electrons. The molecule has 0 radical (unpaired) electrons. The minimum Gasteiger partial charge on any atom is -0.756 e. The molecule has 1 amide bonds. The smallest absolute Gasteiger partial charge is 0.268 e. The number of nitrogens with one attached hydrogen (secondary N) is 1. The molecule has 8 nitrogen and oxygen atoms in total. The average Bonchev–Trinajstić information content (AvgIpc) is 3.35. The van der Waals surface area contributed by atoms with Crippen molar-refractivity contribution < 1.29 is 32.9 Å². The van der Waals surface area contributed by atoms with Crippen molar-refractivity contribution in [1.29, 1.82) is 0 Å². The molecule has 3 unspecified atom stereocenters. The summed E-state index contributed by atoms with van der Waals surface area (Å²) < 4.78 is 23.3. The molecule has 0 spiro atoms. The van der Waals surface area contributed by atoms with Gasteiger partial charge in [0.1, 0.15) is 13.2 Å². The zero-order valence-corrected chi connectivity index (χ0v) is 47.7. The lowest BCUT2D eigenvalue weighted by Crippen LogP contribution is -2.45. The van der Waals surface area contributed by atoms with Crippen LogP contribution in [0.2, 0.25) is 0 Å². The first-order valence-electron chi connectivity index (χ1n) is 28.3. The second-order valence-corrected chi connectivity index (χ2v) is 20.9. The summed E-state index contributed by atoms with van der Waals surface area (Å²) in [5, 5.41) is 13.8. The number of carbonyl (C=O) groups is 1. The van der Waals surface area contributed by atoms with Crippen molar-refractivity contribution in [3.63, 3.8) is 0 Å². The van der Waals surface area contributed by atoms with Crippen molar-refractivity contribution in [1.82, 2.24) is 5.32 Å². The number of aliphatic hydroxyl groups excluding tert-OH is 1. The van der Waals surface area contributed by atoms with E-state index in [2.05, 4.69) is 165 Å². The van der Waals surface area contributed by atoms with Crippen LogP contribution in [-0.2, 0) is 18.4 Å². The summed E-state index contributed by atoms with van der Waals surface area (Å²) in [6, 6.07) is -0.946. The highest BCUT2D eigenvalue weighted by molar-refractivity contribution is 7.45. The van der Waals surface area contributed by atoms with Crippen LogP contribution in [0.15, 0.2) is 158 Å². The number of aliphatic hydroxyl groups is 1. The van der Waals surface area contributed by atoms with E-state index in [1.54, 1.807) is 6.08 Å². The van der Waals surface area contributed by atoms with Crippen LogP contribution in [0.4, 0.5) is 0 Å². The molecule has 9 heteroatoms. The first-order valence-corrected chi connectivity index (χ1v) is 29.8. The Labute approximate surface area is 448 Å². The Morgan fingerprint density at radius 1 is 0.493 bits per heavy atom. The molecule has 3 atom stereocenters. The average molecular weight is 1030 g/mol. The molecule has 0 bridgehead atoms. The topological polar surface area (TPSA) is 108 Å². The van der Waals surface area contributed by atoms with Crippen LogP contribution in [0.1, 0.15) is 187 Å². The summed E-state index contributed by atoms with van der Waals surface area (Å²) in [5.41, 5.74) is 0. The summed E-state index contributed by atoms with van der Waals surface area (Å²) in [6.07, 6.45) is 83.2. The quantitative estimate of drug-likeness (QED) is 0.0272. The van der Waals surface area contributed by atoms with Gasteiger partial charge in [-0.25, -0.2) is 0 Å².